The monoisotopic (exact) mass is 279 g/mol. The van der Waals surface area contributed by atoms with Gasteiger partial charge in [0.1, 0.15) is 0 Å². The lowest BCUT2D eigenvalue weighted by molar-refractivity contribution is -0.384. The van der Waals surface area contributed by atoms with Crippen molar-refractivity contribution in [1.29, 1.82) is 0 Å². The van der Waals surface area contributed by atoms with Gasteiger partial charge < -0.3 is 9.73 Å². The van der Waals surface area contributed by atoms with Crippen LogP contribution in [0, 0.1) is 10.1 Å². The number of aromatic nitrogens is 1. The number of oxazole rings is 1. The first-order chi connectivity index (χ1) is 9.63. The standard InChI is InChI=1S/C13H17N3O4/c1-2-6-14-7-3-8-15-11-9-10(16(18)19)4-5-12(11)20-13(15)17/h4-5,9,14H,2-3,6-8H2,1H3. The van der Waals surface area contributed by atoms with Crippen LogP contribution in [0.15, 0.2) is 27.4 Å². The highest BCUT2D eigenvalue weighted by Gasteiger charge is 2.13. The molecule has 0 atom stereocenters. The molecule has 0 radical (unpaired) electrons. The highest BCUT2D eigenvalue weighted by Crippen LogP contribution is 2.20. The molecule has 0 unspecified atom stereocenters. The Balaban J connectivity index is 2.18. The molecule has 108 valence electrons. The number of non-ortho nitro benzene ring substituents is 1. The van der Waals surface area contributed by atoms with Gasteiger partial charge in [-0.2, -0.15) is 0 Å². The molecule has 7 nitrogen and oxygen atoms in total. The third-order valence-electron chi connectivity index (χ3n) is 3.02. The van der Waals surface area contributed by atoms with Crippen molar-refractivity contribution < 1.29 is 9.34 Å². The molecule has 1 aromatic carbocycles. The highest BCUT2D eigenvalue weighted by molar-refractivity contribution is 5.75. The summed E-state index contributed by atoms with van der Waals surface area (Å²) in [5.41, 5.74) is 0.804. The van der Waals surface area contributed by atoms with Crippen molar-refractivity contribution in [3.05, 3.63) is 38.9 Å². The van der Waals surface area contributed by atoms with E-state index in [1.165, 1.54) is 22.8 Å². The van der Waals surface area contributed by atoms with Gasteiger partial charge in [-0.05, 0) is 32.0 Å². The molecule has 0 bridgehead atoms. The lowest BCUT2D eigenvalue weighted by atomic mass is 10.3. The third kappa shape index (κ3) is 3.05. The Labute approximate surface area is 115 Å². The molecule has 0 saturated carbocycles. The Morgan fingerprint density at radius 2 is 2.20 bits per heavy atom. The number of rotatable bonds is 7. The number of benzene rings is 1. The number of nitrogens with one attached hydrogen (secondary N) is 1. The average Bonchev–Trinajstić information content (AvgIpc) is 2.73. The van der Waals surface area contributed by atoms with Gasteiger partial charge in [0.25, 0.3) is 5.69 Å². The van der Waals surface area contributed by atoms with E-state index in [1.807, 2.05) is 0 Å². The van der Waals surface area contributed by atoms with Gasteiger partial charge in [0.05, 0.1) is 10.4 Å². The van der Waals surface area contributed by atoms with E-state index in [4.69, 9.17) is 4.42 Å². The van der Waals surface area contributed by atoms with E-state index < -0.39 is 10.7 Å². The normalized spacial score (nSPS) is 11.1. The maximum atomic E-state index is 11.7. The zero-order valence-electron chi connectivity index (χ0n) is 11.3. The Bertz CT molecular complexity index is 659. The molecule has 7 heteroatoms. The van der Waals surface area contributed by atoms with Crippen LogP contribution in [0.25, 0.3) is 11.1 Å². The minimum absolute atomic E-state index is 0.0452. The summed E-state index contributed by atoms with van der Waals surface area (Å²) in [5.74, 6) is -0.476. The zero-order chi connectivity index (χ0) is 14.5. The van der Waals surface area contributed by atoms with Crippen LogP contribution in [-0.4, -0.2) is 22.6 Å². The van der Waals surface area contributed by atoms with Gasteiger partial charge in [-0.1, -0.05) is 6.92 Å². The minimum Gasteiger partial charge on any atom is -0.408 e. The maximum Gasteiger partial charge on any atom is 0.419 e. The second-order valence-electron chi connectivity index (χ2n) is 4.53. The highest BCUT2D eigenvalue weighted by atomic mass is 16.6. The van der Waals surface area contributed by atoms with Crippen molar-refractivity contribution >= 4 is 16.8 Å². The van der Waals surface area contributed by atoms with Crippen LogP contribution in [0.1, 0.15) is 19.8 Å². The largest absolute Gasteiger partial charge is 0.419 e. The van der Waals surface area contributed by atoms with Crippen LogP contribution >= 0.6 is 0 Å². The first kappa shape index (κ1) is 14.3. The maximum absolute atomic E-state index is 11.7. The van der Waals surface area contributed by atoms with Crippen LogP contribution in [0.5, 0.6) is 0 Å². The number of hydrogen-bond acceptors (Lipinski definition) is 5. The van der Waals surface area contributed by atoms with Crippen molar-refractivity contribution in [3.8, 4) is 0 Å². The second kappa shape index (κ2) is 6.33. The van der Waals surface area contributed by atoms with E-state index in [0.29, 0.717) is 17.6 Å². The molecular formula is C13H17N3O4. The summed E-state index contributed by atoms with van der Waals surface area (Å²) in [6, 6.07) is 4.17. The summed E-state index contributed by atoms with van der Waals surface area (Å²) in [6.45, 7) is 4.29. The lowest BCUT2D eigenvalue weighted by Gasteiger charge is -2.03. The Hall–Kier alpha value is -2.15. The predicted molar refractivity (Wildman–Crippen MR) is 74.9 cm³/mol. The molecule has 0 aliphatic rings. The molecule has 0 fully saturated rings. The summed E-state index contributed by atoms with van der Waals surface area (Å²) < 4.78 is 6.52. The van der Waals surface area contributed by atoms with Gasteiger partial charge in [0.15, 0.2) is 5.58 Å². The van der Waals surface area contributed by atoms with Crippen LogP contribution in [-0.2, 0) is 6.54 Å². The van der Waals surface area contributed by atoms with Gasteiger partial charge in [-0.3, -0.25) is 14.7 Å². The number of fused-ring (bicyclic) bond motifs is 1. The summed E-state index contributed by atoms with van der Waals surface area (Å²) in [7, 11) is 0. The third-order valence-corrected chi connectivity index (χ3v) is 3.02. The van der Waals surface area contributed by atoms with Gasteiger partial charge in [-0.25, -0.2) is 4.79 Å². The smallest absolute Gasteiger partial charge is 0.408 e. The SMILES string of the molecule is CCCNCCCn1c(=O)oc2ccc([N+](=O)[O-])cc21. The number of aryl methyl sites for hydroxylation is 1. The van der Waals surface area contributed by atoms with Gasteiger partial charge >= 0.3 is 5.76 Å². The Morgan fingerprint density at radius 3 is 2.90 bits per heavy atom. The van der Waals surface area contributed by atoms with Crippen LogP contribution in [0.3, 0.4) is 0 Å². The summed E-state index contributed by atoms with van der Waals surface area (Å²) in [4.78, 5) is 22.0. The lowest BCUT2D eigenvalue weighted by Crippen LogP contribution is -2.20. The van der Waals surface area contributed by atoms with E-state index >= 15 is 0 Å². The van der Waals surface area contributed by atoms with E-state index in [1.54, 1.807) is 0 Å². The number of nitro benzene ring substituents is 1. The molecule has 2 rings (SSSR count). The summed E-state index contributed by atoms with van der Waals surface area (Å²) in [6.07, 6.45) is 1.82. The van der Waals surface area contributed by atoms with Crippen LogP contribution < -0.4 is 11.1 Å². The van der Waals surface area contributed by atoms with E-state index in [-0.39, 0.29) is 5.69 Å². The van der Waals surface area contributed by atoms with E-state index in [0.717, 1.165) is 25.9 Å². The molecule has 1 heterocycles. The topological polar surface area (TPSA) is 90.3 Å². The first-order valence-corrected chi connectivity index (χ1v) is 6.62. The van der Waals surface area contributed by atoms with E-state index in [9.17, 15) is 14.9 Å². The molecular weight excluding hydrogens is 262 g/mol. The molecule has 0 spiro atoms. The molecule has 1 N–H and O–H groups in total. The van der Waals surface area contributed by atoms with Gasteiger partial charge in [-0.15, -0.1) is 0 Å². The molecule has 0 saturated heterocycles. The Kier molecular flexibility index (Phi) is 4.52. The Morgan fingerprint density at radius 1 is 1.40 bits per heavy atom. The molecule has 2 aromatic rings. The van der Waals surface area contributed by atoms with E-state index in [2.05, 4.69) is 12.2 Å². The fourth-order valence-corrected chi connectivity index (χ4v) is 2.04. The molecule has 20 heavy (non-hydrogen) atoms. The quantitative estimate of drug-likeness (QED) is 0.475. The van der Waals surface area contributed by atoms with Crippen molar-refractivity contribution in [2.75, 3.05) is 13.1 Å². The minimum atomic E-state index is -0.482. The fraction of sp³-hybridized carbons (Fsp3) is 0.462. The first-order valence-electron chi connectivity index (χ1n) is 6.62. The van der Waals surface area contributed by atoms with Gasteiger partial charge in [0.2, 0.25) is 0 Å². The van der Waals surface area contributed by atoms with Crippen molar-refractivity contribution in [2.24, 2.45) is 0 Å². The zero-order valence-corrected chi connectivity index (χ0v) is 11.3. The summed E-state index contributed by atoms with van der Waals surface area (Å²) >= 11 is 0. The van der Waals surface area contributed by atoms with Crippen molar-refractivity contribution in [3.63, 3.8) is 0 Å². The second-order valence-corrected chi connectivity index (χ2v) is 4.53. The number of nitro groups is 1. The number of nitrogens with zero attached hydrogens (tertiary/aromatic N) is 2. The molecule has 1 aromatic heterocycles. The predicted octanol–water partition coefficient (Wildman–Crippen LogP) is 1.89. The average molecular weight is 279 g/mol. The number of hydrogen-bond donors (Lipinski definition) is 1. The van der Waals surface area contributed by atoms with Crippen LogP contribution in [0.4, 0.5) is 5.69 Å². The fourth-order valence-electron chi connectivity index (χ4n) is 2.04. The molecule has 0 amide bonds. The molecule has 0 aliphatic carbocycles. The molecule has 0 aliphatic heterocycles. The van der Waals surface area contributed by atoms with Crippen molar-refractivity contribution in [2.45, 2.75) is 26.3 Å². The van der Waals surface area contributed by atoms with Crippen molar-refractivity contribution in [1.82, 2.24) is 9.88 Å². The van der Waals surface area contributed by atoms with Gasteiger partial charge in [0, 0.05) is 18.7 Å². The summed E-state index contributed by atoms with van der Waals surface area (Å²) in [5, 5.41) is 14.0. The van der Waals surface area contributed by atoms with Crippen LogP contribution in [0.2, 0.25) is 0 Å².